The average molecular weight is 233 g/mol. The van der Waals surface area contributed by atoms with Gasteiger partial charge in [-0.15, -0.1) is 0 Å². The molecule has 0 unspecified atom stereocenters. The molecule has 0 spiro atoms. The number of nitriles is 1. The molecule has 1 aromatic rings. The van der Waals surface area contributed by atoms with Crippen molar-refractivity contribution in [2.75, 3.05) is 6.54 Å². The third kappa shape index (κ3) is 2.83. The molecule has 0 atom stereocenters. The van der Waals surface area contributed by atoms with Gasteiger partial charge >= 0.3 is 0 Å². The molecular formula is C12H19N5. The molecule has 0 bridgehead atoms. The molecule has 0 saturated heterocycles. The van der Waals surface area contributed by atoms with Gasteiger partial charge in [0.2, 0.25) is 0 Å². The summed E-state index contributed by atoms with van der Waals surface area (Å²) in [5.74, 6) is 0.967. The Morgan fingerprint density at radius 1 is 1.53 bits per heavy atom. The van der Waals surface area contributed by atoms with Gasteiger partial charge < -0.3 is 0 Å². The normalized spacial score (nSPS) is 16.5. The molecule has 92 valence electrons. The lowest BCUT2D eigenvalue weighted by atomic mass is 10.2. The first-order chi connectivity index (χ1) is 8.35. The zero-order valence-corrected chi connectivity index (χ0v) is 10.3. The van der Waals surface area contributed by atoms with Crippen LogP contribution in [0.5, 0.6) is 0 Å². The van der Waals surface area contributed by atoms with Crippen LogP contribution in [-0.2, 0) is 13.1 Å². The molecule has 5 heteroatoms. The van der Waals surface area contributed by atoms with Gasteiger partial charge in [-0.05, 0) is 19.8 Å². The van der Waals surface area contributed by atoms with Crippen molar-refractivity contribution in [1.29, 1.82) is 5.26 Å². The summed E-state index contributed by atoms with van der Waals surface area (Å²) >= 11 is 0. The molecule has 1 heterocycles. The minimum Gasteiger partial charge on any atom is -0.280 e. The minimum atomic E-state index is 0.487. The van der Waals surface area contributed by atoms with Crippen LogP contribution in [0.25, 0.3) is 0 Å². The summed E-state index contributed by atoms with van der Waals surface area (Å²) in [7, 11) is 0. The predicted molar refractivity (Wildman–Crippen MR) is 64.0 cm³/mol. The SMILES string of the molecule is CCn1ncnc1CN(CC#N)C1CCCC1. The van der Waals surface area contributed by atoms with Gasteiger partial charge in [0.1, 0.15) is 12.2 Å². The van der Waals surface area contributed by atoms with Crippen LogP contribution >= 0.6 is 0 Å². The fraction of sp³-hybridized carbons (Fsp3) is 0.750. The van der Waals surface area contributed by atoms with Crippen LogP contribution in [0, 0.1) is 11.3 Å². The van der Waals surface area contributed by atoms with Gasteiger partial charge in [-0.2, -0.15) is 10.4 Å². The van der Waals surface area contributed by atoms with Crippen LogP contribution < -0.4 is 0 Å². The van der Waals surface area contributed by atoms with Gasteiger partial charge in [0, 0.05) is 12.6 Å². The predicted octanol–water partition coefficient (Wildman–Crippen LogP) is 1.57. The summed E-state index contributed by atoms with van der Waals surface area (Å²) in [4.78, 5) is 6.52. The highest BCUT2D eigenvalue weighted by Crippen LogP contribution is 2.24. The second-order valence-electron chi connectivity index (χ2n) is 4.49. The highest BCUT2D eigenvalue weighted by atomic mass is 15.3. The van der Waals surface area contributed by atoms with Crippen LogP contribution in [0.3, 0.4) is 0 Å². The van der Waals surface area contributed by atoms with Gasteiger partial charge in [-0.3, -0.25) is 4.90 Å². The van der Waals surface area contributed by atoms with E-state index in [2.05, 4.69) is 28.0 Å². The Bertz CT molecular complexity index is 386. The van der Waals surface area contributed by atoms with Crippen molar-refractivity contribution in [3.05, 3.63) is 12.2 Å². The van der Waals surface area contributed by atoms with Crippen molar-refractivity contribution in [1.82, 2.24) is 19.7 Å². The third-order valence-electron chi connectivity index (χ3n) is 3.45. The average Bonchev–Trinajstić information content (AvgIpc) is 2.99. The highest BCUT2D eigenvalue weighted by Gasteiger charge is 2.23. The van der Waals surface area contributed by atoms with Crippen LogP contribution in [0.2, 0.25) is 0 Å². The Hall–Kier alpha value is -1.41. The van der Waals surface area contributed by atoms with Gasteiger partial charge in [0.05, 0.1) is 19.2 Å². The monoisotopic (exact) mass is 233 g/mol. The highest BCUT2D eigenvalue weighted by molar-refractivity contribution is 4.91. The number of nitrogens with zero attached hydrogens (tertiary/aromatic N) is 5. The van der Waals surface area contributed by atoms with E-state index in [-0.39, 0.29) is 0 Å². The maximum Gasteiger partial charge on any atom is 0.141 e. The fourth-order valence-corrected chi connectivity index (χ4v) is 2.53. The van der Waals surface area contributed by atoms with E-state index in [1.165, 1.54) is 25.7 Å². The summed E-state index contributed by atoms with van der Waals surface area (Å²) in [6.45, 7) is 4.12. The number of hydrogen-bond donors (Lipinski definition) is 0. The lowest BCUT2D eigenvalue weighted by Gasteiger charge is -2.25. The molecule has 1 aromatic heterocycles. The van der Waals surface area contributed by atoms with E-state index in [0.29, 0.717) is 12.6 Å². The van der Waals surface area contributed by atoms with Gasteiger partial charge in [0.15, 0.2) is 0 Å². The second-order valence-corrected chi connectivity index (χ2v) is 4.49. The summed E-state index contributed by atoms with van der Waals surface area (Å²) in [5.41, 5.74) is 0. The molecule has 2 rings (SSSR count). The van der Waals surface area contributed by atoms with E-state index in [9.17, 15) is 0 Å². The van der Waals surface area contributed by atoms with Gasteiger partial charge in [-0.1, -0.05) is 12.8 Å². The third-order valence-corrected chi connectivity index (χ3v) is 3.45. The number of aryl methyl sites for hydroxylation is 1. The lowest BCUT2D eigenvalue weighted by molar-refractivity contribution is 0.205. The summed E-state index contributed by atoms with van der Waals surface area (Å²) in [6.07, 6.45) is 6.59. The molecule has 17 heavy (non-hydrogen) atoms. The van der Waals surface area contributed by atoms with Crippen molar-refractivity contribution in [2.24, 2.45) is 0 Å². The number of rotatable bonds is 5. The molecule has 1 fully saturated rings. The van der Waals surface area contributed by atoms with Crippen LogP contribution in [0.15, 0.2) is 6.33 Å². The molecular weight excluding hydrogens is 214 g/mol. The molecule has 0 N–H and O–H groups in total. The summed E-state index contributed by atoms with van der Waals surface area (Å²) < 4.78 is 1.90. The van der Waals surface area contributed by atoms with E-state index < -0.39 is 0 Å². The Labute approximate surface area is 102 Å². The van der Waals surface area contributed by atoms with Crippen molar-refractivity contribution in [2.45, 2.75) is 51.7 Å². The molecule has 1 saturated carbocycles. The zero-order chi connectivity index (χ0) is 12.1. The van der Waals surface area contributed by atoms with E-state index in [0.717, 1.165) is 18.9 Å². The second kappa shape index (κ2) is 5.78. The molecule has 1 aliphatic carbocycles. The van der Waals surface area contributed by atoms with Gasteiger partial charge in [0.25, 0.3) is 0 Å². The summed E-state index contributed by atoms with van der Waals surface area (Å²) in [5, 5.41) is 13.1. The number of aromatic nitrogens is 3. The molecule has 0 aromatic carbocycles. The first-order valence-corrected chi connectivity index (χ1v) is 6.32. The molecule has 0 radical (unpaired) electrons. The maximum atomic E-state index is 8.92. The smallest absolute Gasteiger partial charge is 0.141 e. The molecule has 5 nitrogen and oxygen atoms in total. The topological polar surface area (TPSA) is 57.7 Å². The van der Waals surface area contributed by atoms with E-state index in [1.54, 1.807) is 6.33 Å². The Morgan fingerprint density at radius 3 is 2.94 bits per heavy atom. The lowest BCUT2D eigenvalue weighted by Crippen LogP contribution is -2.34. The Balaban J connectivity index is 2.04. The van der Waals surface area contributed by atoms with Crippen LogP contribution in [-0.4, -0.2) is 32.3 Å². The maximum absolute atomic E-state index is 8.92. The zero-order valence-electron chi connectivity index (χ0n) is 10.3. The molecule has 0 aliphatic heterocycles. The van der Waals surface area contributed by atoms with Crippen molar-refractivity contribution in [3.8, 4) is 6.07 Å². The van der Waals surface area contributed by atoms with Crippen molar-refractivity contribution < 1.29 is 0 Å². The standard InChI is InChI=1S/C12H19N5/c1-2-17-12(14-10-15-17)9-16(8-7-13)11-5-3-4-6-11/h10-11H,2-6,8-9H2,1H3. The van der Waals surface area contributed by atoms with Crippen molar-refractivity contribution in [3.63, 3.8) is 0 Å². The van der Waals surface area contributed by atoms with Crippen molar-refractivity contribution >= 4 is 0 Å². The summed E-state index contributed by atoms with van der Waals surface area (Å²) in [6, 6.07) is 2.82. The first-order valence-electron chi connectivity index (χ1n) is 6.32. The molecule has 0 amide bonds. The number of hydrogen-bond acceptors (Lipinski definition) is 4. The van der Waals surface area contributed by atoms with E-state index in [1.807, 2.05) is 4.68 Å². The van der Waals surface area contributed by atoms with Crippen LogP contribution in [0.1, 0.15) is 38.4 Å². The van der Waals surface area contributed by atoms with Gasteiger partial charge in [-0.25, -0.2) is 9.67 Å². The fourth-order valence-electron chi connectivity index (χ4n) is 2.53. The van der Waals surface area contributed by atoms with Crippen LogP contribution in [0.4, 0.5) is 0 Å². The van der Waals surface area contributed by atoms with E-state index in [4.69, 9.17) is 5.26 Å². The van der Waals surface area contributed by atoms with E-state index >= 15 is 0 Å². The largest absolute Gasteiger partial charge is 0.280 e. The Morgan fingerprint density at radius 2 is 2.29 bits per heavy atom. The first kappa shape index (κ1) is 12.1. The minimum absolute atomic E-state index is 0.487. The quantitative estimate of drug-likeness (QED) is 0.724. The Kier molecular flexibility index (Phi) is 4.10. The molecule has 1 aliphatic rings.